The zero-order chi connectivity index (χ0) is 17.8. The maximum Gasteiger partial charge on any atom is 0.195 e. The van der Waals surface area contributed by atoms with E-state index in [9.17, 15) is 9.90 Å². The third kappa shape index (κ3) is 4.24. The van der Waals surface area contributed by atoms with Gasteiger partial charge in [-0.1, -0.05) is 60.6 Å². The maximum absolute atomic E-state index is 10.9. The first-order chi connectivity index (χ1) is 12.1. The second-order valence-electron chi connectivity index (χ2n) is 5.35. The van der Waals surface area contributed by atoms with E-state index >= 15 is 0 Å². The number of rotatable bonds is 6. The molecule has 128 valence electrons. The highest BCUT2D eigenvalue weighted by atomic mass is 35.5. The number of carbonyl (C=O) groups excluding carboxylic acids is 1. The standard InChI is InChI=1S/C19H16ClNO3S/c1-2-17-21-16(11-18(22)23)19(24-17)25-13-9-7-12(8-10-13)14-5-3-4-6-15(14)20/h3-10H,2,11H2,1H3,(H,22,23)/p-1. The van der Waals surface area contributed by atoms with Crippen LogP contribution in [0, 0.1) is 0 Å². The Labute approximate surface area is 154 Å². The molecule has 3 aromatic rings. The number of aryl methyl sites for hydroxylation is 1. The molecule has 0 bridgehead atoms. The molecule has 0 atom stereocenters. The van der Waals surface area contributed by atoms with Crippen LogP contribution in [0.5, 0.6) is 0 Å². The third-order valence-corrected chi connectivity index (χ3v) is 4.91. The van der Waals surface area contributed by atoms with Crippen molar-refractivity contribution in [2.24, 2.45) is 0 Å². The van der Waals surface area contributed by atoms with Crippen LogP contribution >= 0.6 is 23.4 Å². The lowest BCUT2D eigenvalue weighted by Crippen LogP contribution is -2.24. The van der Waals surface area contributed by atoms with Gasteiger partial charge in [0.1, 0.15) is 0 Å². The molecule has 0 saturated carbocycles. The Bertz CT molecular complexity index is 890. The molecule has 0 aliphatic heterocycles. The highest BCUT2D eigenvalue weighted by molar-refractivity contribution is 7.99. The molecule has 4 nitrogen and oxygen atoms in total. The van der Waals surface area contributed by atoms with Crippen molar-refractivity contribution in [3.63, 3.8) is 0 Å². The fraction of sp³-hybridized carbons (Fsp3) is 0.158. The predicted octanol–water partition coefficient (Wildman–Crippen LogP) is 4.00. The van der Waals surface area contributed by atoms with Gasteiger partial charge in [0.25, 0.3) is 0 Å². The van der Waals surface area contributed by atoms with Gasteiger partial charge >= 0.3 is 0 Å². The van der Waals surface area contributed by atoms with Gasteiger partial charge in [-0.05, 0) is 23.8 Å². The smallest absolute Gasteiger partial charge is 0.195 e. The van der Waals surface area contributed by atoms with Gasteiger partial charge in [0.2, 0.25) is 0 Å². The molecule has 0 aliphatic carbocycles. The maximum atomic E-state index is 10.9. The summed E-state index contributed by atoms with van der Waals surface area (Å²) in [5.41, 5.74) is 2.38. The average Bonchev–Trinajstić information content (AvgIpc) is 2.97. The summed E-state index contributed by atoms with van der Waals surface area (Å²) in [5.74, 6) is -0.654. The third-order valence-electron chi connectivity index (χ3n) is 3.57. The van der Waals surface area contributed by atoms with Gasteiger partial charge in [0.15, 0.2) is 11.0 Å². The number of halogens is 1. The number of carbonyl (C=O) groups is 1. The minimum absolute atomic E-state index is 0.260. The first kappa shape index (κ1) is 17.6. The van der Waals surface area contributed by atoms with Crippen LogP contribution in [-0.2, 0) is 17.6 Å². The van der Waals surface area contributed by atoms with Crippen molar-refractivity contribution in [1.29, 1.82) is 0 Å². The van der Waals surface area contributed by atoms with Crippen LogP contribution in [0.3, 0.4) is 0 Å². The van der Waals surface area contributed by atoms with Gasteiger partial charge < -0.3 is 14.3 Å². The Morgan fingerprint density at radius 3 is 2.56 bits per heavy atom. The fourth-order valence-corrected chi connectivity index (χ4v) is 3.47. The van der Waals surface area contributed by atoms with Crippen molar-refractivity contribution in [2.45, 2.75) is 29.8 Å². The van der Waals surface area contributed by atoms with E-state index in [1.54, 1.807) is 0 Å². The minimum atomic E-state index is -1.17. The number of carboxylic acids is 1. The van der Waals surface area contributed by atoms with Crippen molar-refractivity contribution < 1.29 is 14.3 Å². The first-order valence-corrected chi connectivity index (χ1v) is 8.97. The lowest BCUT2D eigenvalue weighted by molar-refractivity contribution is -0.304. The van der Waals surface area contributed by atoms with Crippen molar-refractivity contribution in [1.82, 2.24) is 4.98 Å². The number of aliphatic carboxylic acids is 1. The summed E-state index contributed by atoms with van der Waals surface area (Å²) in [6, 6.07) is 15.5. The Balaban J connectivity index is 1.83. The summed E-state index contributed by atoms with van der Waals surface area (Å²) in [7, 11) is 0. The fourth-order valence-electron chi connectivity index (χ4n) is 2.37. The van der Waals surface area contributed by atoms with E-state index in [0.717, 1.165) is 16.0 Å². The molecule has 25 heavy (non-hydrogen) atoms. The van der Waals surface area contributed by atoms with Crippen LogP contribution in [0.25, 0.3) is 11.1 Å². The lowest BCUT2D eigenvalue weighted by atomic mass is 10.1. The van der Waals surface area contributed by atoms with Gasteiger partial charge in [0, 0.05) is 34.3 Å². The van der Waals surface area contributed by atoms with Crippen molar-refractivity contribution in [2.75, 3.05) is 0 Å². The highest BCUT2D eigenvalue weighted by Gasteiger charge is 2.14. The van der Waals surface area contributed by atoms with Crippen LogP contribution in [0.15, 0.2) is 62.9 Å². The summed E-state index contributed by atoms with van der Waals surface area (Å²) in [5, 5.41) is 12.1. The zero-order valence-electron chi connectivity index (χ0n) is 13.5. The summed E-state index contributed by atoms with van der Waals surface area (Å²) < 4.78 is 5.64. The van der Waals surface area contributed by atoms with E-state index in [1.165, 1.54) is 11.8 Å². The van der Waals surface area contributed by atoms with Gasteiger partial charge in [-0.2, -0.15) is 0 Å². The molecule has 0 N–H and O–H groups in total. The lowest BCUT2D eigenvalue weighted by Gasteiger charge is -2.06. The van der Waals surface area contributed by atoms with E-state index in [2.05, 4.69) is 4.98 Å². The second kappa shape index (κ2) is 7.76. The number of aromatic nitrogens is 1. The van der Waals surface area contributed by atoms with Crippen molar-refractivity contribution in [3.05, 3.63) is 65.1 Å². The Morgan fingerprint density at radius 1 is 1.20 bits per heavy atom. The summed E-state index contributed by atoms with van der Waals surface area (Å²) in [6.45, 7) is 1.90. The predicted molar refractivity (Wildman–Crippen MR) is 95.6 cm³/mol. The molecule has 0 unspecified atom stereocenters. The molecule has 6 heteroatoms. The van der Waals surface area contributed by atoms with E-state index in [1.807, 2.05) is 55.5 Å². The van der Waals surface area contributed by atoms with Crippen LogP contribution in [0.4, 0.5) is 0 Å². The van der Waals surface area contributed by atoms with Crippen LogP contribution < -0.4 is 5.11 Å². The molecule has 3 rings (SSSR count). The number of oxazole rings is 1. The van der Waals surface area contributed by atoms with Crippen LogP contribution in [-0.4, -0.2) is 11.0 Å². The summed E-state index contributed by atoms with van der Waals surface area (Å²) in [4.78, 5) is 16.0. The average molecular weight is 373 g/mol. The highest BCUT2D eigenvalue weighted by Crippen LogP contribution is 2.34. The number of carboxylic acid groups (broad SMARTS) is 1. The van der Waals surface area contributed by atoms with Gasteiger partial charge in [-0.15, -0.1) is 0 Å². The molecule has 0 fully saturated rings. The summed E-state index contributed by atoms with van der Waals surface area (Å²) >= 11 is 7.57. The Morgan fingerprint density at radius 2 is 1.92 bits per heavy atom. The van der Waals surface area contributed by atoms with Crippen molar-refractivity contribution in [3.8, 4) is 11.1 Å². The molecule has 2 aromatic carbocycles. The van der Waals surface area contributed by atoms with Crippen molar-refractivity contribution >= 4 is 29.3 Å². The molecule has 0 amide bonds. The number of hydrogen-bond donors (Lipinski definition) is 0. The largest absolute Gasteiger partial charge is 0.550 e. The Hall–Kier alpha value is -2.24. The molecular weight excluding hydrogens is 358 g/mol. The van der Waals surface area contributed by atoms with E-state index < -0.39 is 5.97 Å². The zero-order valence-corrected chi connectivity index (χ0v) is 15.1. The van der Waals surface area contributed by atoms with E-state index in [4.69, 9.17) is 16.0 Å². The van der Waals surface area contributed by atoms with E-state index in [0.29, 0.717) is 28.1 Å². The summed E-state index contributed by atoms with van der Waals surface area (Å²) in [6.07, 6.45) is 0.343. The molecule has 1 aromatic heterocycles. The molecular formula is C19H15ClNO3S-. The molecule has 0 spiro atoms. The number of nitrogens with zero attached hydrogens (tertiary/aromatic N) is 1. The second-order valence-corrected chi connectivity index (χ2v) is 6.80. The number of benzene rings is 2. The minimum Gasteiger partial charge on any atom is -0.550 e. The molecule has 0 aliphatic rings. The van der Waals surface area contributed by atoms with Crippen LogP contribution in [0.1, 0.15) is 18.5 Å². The van der Waals surface area contributed by atoms with Crippen LogP contribution in [0.2, 0.25) is 5.02 Å². The van der Waals surface area contributed by atoms with Gasteiger partial charge in [0.05, 0.1) is 5.69 Å². The SMILES string of the molecule is CCc1nc(CC(=O)[O-])c(Sc2ccc(-c3ccccc3Cl)cc2)o1. The molecule has 0 saturated heterocycles. The van der Waals surface area contributed by atoms with Gasteiger partial charge in [-0.3, -0.25) is 0 Å². The number of hydrogen-bond acceptors (Lipinski definition) is 5. The topological polar surface area (TPSA) is 66.2 Å². The normalized spacial score (nSPS) is 10.8. The van der Waals surface area contributed by atoms with E-state index in [-0.39, 0.29) is 6.42 Å². The molecule has 1 heterocycles. The Kier molecular flexibility index (Phi) is 5.46. The monoisotopic (exact) mass is 372 g/mol. The van der Waals surface area contributed by atoms with Gasteiger partial charge in [-0.25, -0.2) is 4.98 Å². The molecule has 0 radical (unpaired) electrons. The first-order valence-electron chi connectivity index (χ1n) is 7.78. The quantitative estimate of drug-likeness (QED) is 0.654.